The van der Waals surface area contributed by atoms with Crippen LogP contribution in [0.25, 0.3) is 0 Å². The van der Waals surface area contributed by atoms with Gasteiger partial charge in [-0.05, 0) is 72.6 Å². The Hall–Kier alpha value is -3.90. The van der Waals surface area contributed by atoms with Crippen molar-refractivity contribution in [3.63, 3.8) is 0 Å². The molecule has 1 N–H and O–H groups in total. The number of nitrogens with one attached hydrogen (secondary N) is 1. The van der Waals surface area contributed by atoms with Crippen LogP contribution in [0, 0.1) is 17.1 Å². The SMILES string of the molecule is N#Cc1cccc(CN2CCCN(c3ccc(NS(=O)(=O)c4ccc(F)cc4)cc3)C2=O)c1. The summed E-state index contributed by atoms with van der Waals surface area (Å²) in [4.78, 5) is 16.4. The van der Waals surface area contributed by atoms with Gasteiger partial charge in [0, 0.05) is 31.0 Å². The molecule has 9 heteroatoms. The van der Waals surface area contributed by atoms with E-state index in [9.17, 15) is 17.6 Å². The Morgan fingerprint density at radius 3 is 2.42 bits per heavy atom. The first-order chi connectivity index (χ1) is 15.9. The summed E-state index contributed by atoms with van der Waals surface area (Å²) in [6.07, 6.45) is 0.780. The van der Waals surface area contributed by atoms with Crippen LogP contribution in [0.3, 0.4) is 0 Å². The first-order valence-corrected chi connectivity index (χ1v) is 11.8. The molecule has 3 aromatic carbocycles. The normalized spacial score (nSPS) is 14.1. The van der Waals surface area contributed by atoms with Crippen molar-refractivity contribution in [2.45, 2.75) is 17.9 Å². The van der Waals surface area contributed by atoms with Gasteiger partial charge in [0.25, 0.3) is 10.0 Å². The van der Waals surface area contributed by atoms with E-state index in [0.717, 1.165) is 24.1 Å². The number of amides is 2. The molecular formula is C24H21FN4O3S. The summed E-state index contributed by atoms with van der Waals surface area (Å²) in [6.45, 7) is 1.57. The number of nitrogens with zero attached hydrogens (tertiary/aromatic N) is 3. The van der Waals surface area contributed by atoms with Crippen LogP contribution in [-0.4, -0.2) is 32.4 Å². The van der Waals surface area contributed by atoms with E-state index in [1.165, 1.54) is 12.1 Å². The fraction of sp³-hybridized carbons (Fsp3) is 0.167. The van der Waals surface area contributed by atoms with Crippen molar-refractivity contribution in [3.05, 3.63) is 89.7 Å². The summed E-state index contributed by atoms with van der Waals surface area (Å²) in [5.41, 5.74) is 2.42. The number of anilines is 2. The minimum atomic E-state index is -3.86. The summed E-state index contributed by atoms with van der Waals surface area (Å²) in [5, 5.41) is 9.08. The highest BCUT2D eigenvalue weighted by atomic mass is 32.2. The molecule has 2 amide bonds. The average molecular weight is 465 g/mol. The molecule has 0 bridgehead atoms. The van der Waals surface area contributed by atoms with Crippen LogP contribution >= 0.6 is 0 Å². The minimum Gasteiger partial charge on any atom is -0.320 e. The zero-order valence-corrected chi connectivity index (χ0v) is 18.4. The molecule has 1 saturated heterocycles. The topological polar surface area (TPSA) is 93.5 Å². The molecule has 1 aliphatic rings. The molecular weight excluding hydrogens is 443 g/mol. The van der Waals surface area contributed by atoms with E-state index in [1.54, 1.807) is 52.3 Å². The predicted octanol–water partition coefficient (Wildman–Crippen LogP) is 4.33. The fourth-order valence-electron chi connectivity index (χ4n) is 3.66. The van der Waals surface area contributed by atoms with Gasteiger partial charge in [0.1, 0.15) is 5.82 Å². The number of rotatable bonds is 6. The molecule has 1 fully saturated rings. The standard InChI is InChI=1S/C24H21FN4O3S/c25-20-5-11-23(12-6-20)33(31,32)27-21-7-9-22(10-8-21)29-14-2-13-28(24(29)30)17-19-4-1-3-18(15-19)16-26/h1,3-12,15,27H,2,13-14,17H2. The Morgan fingerprint density at radius 2 is 1.73 bits per heavy atom. The van der Waals surface area contributed by atoms with Crippen LogP contribution in [0.5, 0.6) is 0 Å². The number of halogens is 1. The zero-order valence-electron chi connectivity index (χ0n) is 17.6. The van der Waals surface area contributed by atoms with Crippen molar-refractivity contribution in [3.8, 4) is 6.07 Å². The maximum atomic E-state index is 13.1. The second-order valence-electron chi connectivity index (χ2n) is 7.63. The van der Waals surface area contributed by atoms with Crippen LogP contribution in [0.2, 0.25) is 0 Å². The van der Waals surface area contributed by atoms with E-state index in [-0.39, 0.29) is 10.9 Å². The Morgan fingerprint density at radius 1 is 1.00 bits per heavy atom. The molecule has 0 aliphatic carbocycles. The number of urea groups is 1. The van der Waals surface area contributed by atoms with Gasteiger partial charge in [0.05, 0.1) is 16.5 Å². The highest BCUT2D eigenvalue weighted by Gasteiger charge is 2.27. The van der Waals surface area contributed by atoms with E-state index in [4.69, 9.17) is 5.26 Å². The van der Waals surface area contributed by atoms with E-state index in [2.05, 4.69) is 10.8 Å². The number of hydrogen-bond donors (Lipinski definition) is 1. The number of hydrogen-bond acceptors (Lipinski definition) is 4. The summed E-state index contributed by atoms with van der Waals surface area (Å²) in [7, 11) is -3.86. The third kappa shape index (κ3) is 5.13. The molecule has 1 heterocycles. The number of sulfonamides is 1. The van der Waals surface area contributed by atoms with Crippen LogP contribution in [0.4, 0.5) is 20.6 Å². The molecule has 168 valence electrons. The van der Waals surface area contributed by atoms with Crippen LogP contribution in [0.15, 0.2) is 77.7 Å². The quantitative estimate of drug-likeness (QED) is 0.588. The summed E-state index contributed by atoms with van der Waals surface area (Å²) < 4.78 is 40.5. The minimum absolute atomic E-state index is 0.0460. The molecule has 0 radical (unpaired) electrons. The van der Waals surface area contributed by atoms with Gasteiger partial charge in [-0.25, -0.2) is 17.6 Å². The van der Waals surface area contributed by atoms with Gasteiger partial charge in [-0.1, -0.05) is 12.1 Å². The maximum absolute atomic E-state index is 13.1. The molecule has 3 aromatic rings. The molecule has 33 heavy (non-hydrogen) atoms. The van der Waals surface area contributed by atoms with Gasteiger partial charge in [-0.15, -0.1) is 0 Å². The Labute approximate surface area is 191 Å². The van der Waals surface area contributed by atoms with Gasteiger partial charge >= 0.3 is 6.03 Å². The smallest absolute Gasteiger partial charge is 0.320 e. The number of carbonyl (C=O) groups excluding carboxylic acids is 1. The fourth-order valence-corrected chi connectivity index (χ4v) is 4.72. The highest BCUT2D eigenvalue weighted by Crippen LogP contribution is 2.25. The lowest BCUT2D eigenvalue weighted by Gasteiger charge is -2.35. The van der Waals surface area contributed by atoms with E-state index in [1.807, 2.05) is 6.07 Å². The first-order valence-electron chi connectivity index (χ1n) is 10.3. The molecule has 0 atom stereocenters. The Bertz CT molecular complexity index is 1300. The number of benzene rings is 3. The van der Waals surface area contributed by atoms with Gasteiger partial charge in [-0.3, -0.25) is 9.62 Å². The van der Waals surface area contributed by atoms with Crippen LogP contribution in [-0.2, 0) is 16.6 Å². The van der Waals surface area contributed by atoms with Gasteiger partial charge in [-0.2, -0.15) is 5.26 Å². The van der Waals surface area contributed by atoms with Gasteiger partial charge in [0.15, 0.2) is 0 Å². The maximum Gasteiger partial charge on any atom is 0.324 e. The van der Waals surface area contributed by atoms with Gasteiger partial charge < -0.3 is 4.90 Å². The monoisotopic (exact) mass is 464 g/mol. The van der Waals surface area contributed by atoms with Crippen LogP contribution < -0.4 is 9.62 Å². The van der Waals surface area contributed by atoms with Crippen molar-refractivity contribution in [1.82, 2.24) is 4.90 Å². The van der Waals surface area contributed by atoms with Crippen molar-refractivity contribution >= 4 is 27.4 Å². The third-order valence-corrected chi connectivity index (χ3v) is 6.69. The zero-order chi connectivity index (χ0) is 23.4. The van der Waals surface area contributed by atoms with Crippen LogP contribution in [0.1, 0.15) is 17.5 Å². The van der Waals surface area contributed by atoms with Crippen molar-refractivity contribution in [2.24, 2.45) is 0 Å². The van der Waals surface area contributed by atoms with E-state index < -0.39 is 15.8 Å². The Kier molecular flexibility index (Phi) is 6.29. The lowest BCUT2D eigenvalue weighted by atomic mass is 10.1. The van der Waals surface area contributed by atoms with Crippen molar-refractivity contribution < 1.29 is 17.6 Å². The lowest BCUT2D eigenvalue weighted by molar-refractivity contribution is 0.192. The van der Waals surface area contributed by atoms with E-state index in [0.29, 0.717) is 36.6 Å². The molecule has 0 saturated carbocycles. The summed E-state index contributed by atoms with van der Waals surface area (Å²) in [5.74, 6) is -0.517. The van der Waals surface area contributed by atoms with E-state index >= 15 is 0 Å². The molecule has 4 rings (SSSR count). The van der Waals surface area contributed by atoms with Gasteiger partial charge in [0.2, 0.25) is 0 Å². The summed E-state index contributed by atoms with van der Waals surface area (Å²) >= 11 is 0. The first kappa shape index (κ1) is 22.3. The second kappa shape index (κ2) is 9.30. The molecule has 0 aromatic heterocycles. The summed E-state index contributed by atoms with van der Waals surface area (Å²) in [6, 6.07) is 20.2. The highest BCUT2D eigenvalue weighted by molar-refractivity contribution is 7.92. The second-order valence-corrected chi connectivity index (χ2v) is 9.31. The predicted molar refractivity (Wildman–Crippen MR) is 123 cm³/mol. The number of nitriles is 1. The molecule has 7 nitrogen and oxygen atoms in total. The number of carbonyl (C=O) groups is 1. The van der Waals surface area contributed by atoms with Crippen molar-refractivity contribution in [1.29, 1.82) is 5.26 Å². The average Bonchev–Trinajstić information content (AvgIpc) is 2.81. The molecule has 0 unspecified atom stereocenters. The third-order valence-electron chi connectivity index (χ3n) is 5.30. The molecule has 0 spiro atoms. The Balaban J connectivity index is 1.46. The molecule has 1 aliphatic heterocycles. The lowest BCUT2D eigenvalue weighted by Crippen LogP contribution is -2.49. The largest absolute Gasteiger partial charge is 0.324 e. The van der Waals surface area contributed by atoms with Crippen molar-refractivity contribution in [2.75, 3.05) is 22.7 Å².